The minimum atomic E-state index is -0.274. The third-order valence-corrected chi connectivity index (χ3v) is 3.65. The van der Waals surface area contributed by atoms with Crippen molar-refractivity contribution >= 4 is 5.78 Å². The van der Waals surface area contributed by atoms with Gasteiger partial charge in [-0.15, -0.1) is 0 Å². The standard InChI is InChI=1S/C12H18O2/c1-8(13)10-6-2-4-9-5-3-7-11(14)12(9)10/h4,10-12,14H,2-3,5-7H2,1H3. The molecule has 1 saturated carbocycles. The fraction of sp³-hybridized carbons (Fsp3) is 0.750. The van der Waals surface area contributed by atoms with Crippen LogP contribution in [0.5, 0.6) is 0 Å². The zero-order chi connectivity index (χ0) is 10.1. The molecule has 0 amide bonds. The van der Waals surface area contributed by atoms with Gasteiger partial charge in [0, 0.05) is 11.8 Å². The molecule has 2 aliphatic rings. The first-order chi connectivity index (χ1) is 6.70. The molecule has 1 N–H and O–H groups in total. The molecule has 0 bridgehead atoms. The molecule has 0 heterocycles. The summed E-state index contributed by atoms with van der Waals surface area (Å²) >= 11 is 0. The summed E-state index contributed by atoms with van der Waals surface area (Å²) in [6.07, 6.45) is 6.95. The fourth-order valence-electron chi connectivity index (χ4n) is 2.96. The summed E-state index contributed by atoms with van der Waals surface area (Å²) in [4.78, 5) is 11.5. The average molecular weight is 194 g/mol. The third kappa shape index (κ3) is 1.63. The van der Waals surface area contributed by atoms with Gasteiger partial charge in [-0.05, 0) is 39.0 Å². The number of carbonyl (C=O) groups excluding carboxylic acids is 1. The Morgan fingerprint density at radius 2 is 2.29 bits per heavy atom. The lowest BCUT2D eigenvalue weighted by Crippen LogP contribution is -2.37. The van der Waals surface area contributed by atoms with Crippen LogP contribution in [0.25, 0.3) is 0 Å². The van der Waals surface area contributed by atoms with Gasteiger partial charge in [0.15, 0.2) is 0 Å². The Balaban J connectivity index is 2.23. The van der Waals surface area contributed by atoms with Crippen molar-refractivity contribution < 1.29 is 9.90 Å². The first kappa shape index (κ1) is 9.91. The molecule has 14 heavy (non-hydrogen) atoms. The van der Waals surface area contributed by atoms with E-state index in [9.17, 15) is 9.90 Å². The van der Waals surface area contributed by atoms with E-state index in [4.69, 9.17) is 0 Å². The maximum Gasteiger partial charge on any atom is 0.133 e. The predicted molar refractivity (Wildman–Crippen MR) is 54.8 cm³/mol. The van der Waals surface area contributed by atoms with Gasteiger partial charge in [-0.2, -0.15) is 0 Å². The molecular weight excluding hydrogens is 176 g/mol. The van der Waals surface area contributed by atoms with Crippen LogP contribution >= 0.6 is 0 Å². The van der Waals surface area contributed by atoms with Crippen LogP contribution in [0.15, 0.2) is 11.6 Å². The summed E-state index contributed by atoms with van der Waals surface area (Å²) in [5, 5.41) is 9.93. The zero-order valence-electron chi connectivity index (χ0n) is 8.70. The second-order valence-electron chi connectivity index (χ2n) is 4.56. The quantitative estimate of drug-likeness (QED) is 0.649. The van der Waals surface area contributed by atoms with Gasteiger partial charge in [0.25, 0.3) is 0 Å². The molecule has 0 aromatic heterocycles. The summed E-state index contributed by atoms with van der Waals surface area (Å²) in [5.74, 6) is 0.488. The highest BCUT2D eigenvalue weighted by molar-refractivity contribution is 5.79. The number of allylic oxidation sites excluding steroid dienone is 1. The van der Waals surface area contributed by atoms with Crippen molar-refractivity contribution in [3.05, 3.63) is 11.6 Å². The molecule has 2 heteroatoms. The molecule has 0 aliphatic heterocycles. The van der Waals surface area contributed by atoms with E-state index in [-0.39, 0.29) is 23.7 Å². The Morgan fingerprint density at radius 3 is 3.00 bits per heavy atom. The van der Waals surface area contributed by atoms with Crippen LogP contribution in [0.3, 0.4) is 0 Å². The van der Waals surface area contributed by atoms with Crippen LogP contribution in [0.2, 0.25) is 0 Å². The van der Waals surface area contributed by atoms with E-state index < -0.39 is 0 Å². The number of hydrogen-bond acceptors (Lipinski definition) is 2. The molecule has 1 fully saturated rings. The Labute approximate surface area is 85.0 Å². The number of hydrogen-bond donors (Lipinski definition) is 1. The van der Waals surface area contributed by atoms with Gasteiger partial charge in [0.2, 0.25) is 0 Å². The number of Topliss-reactive ketones (excluding diaryl/α,β-unsaturated/α-hetero) is 1. The van der Waals surface area contributed by atoms with E-state index in [0.717, 1.165) is 32.1 Å². The van der Waals surface area contributed by atoms with Crippen LogP contribution in [0, 0.1) is 11.8 Å². The van der Waals surface area contributed by atoms with Gasteiger partial charge < -0.3 is 5.11 Å². The van der Waals surface area contributed by atoms with Crippen molar-refractivity contribution in [3.8, 4) is 0 Å². The molecule has 3 atom stereocenters. The third-order valence-electron chi connectivity index (χ3n) is 3.65. The highest BCUT2D eigenvalue weighted by Crippen LogP contribution is 2.40. The lowest BCUT2D eigenvalue weighted by Gasteiger charge is -2.38. The van der Waals surface area contributed by atoms with E-state index in [0.29, 0.717) is 0 Å². The molecule has 0 aromatic carbocycles. The monoisotopic (exact) mass is 194 g/mol. The lowest BCUT2D eigenvalue weighted by atomic mass is 9.68. The van der Waals surface area contributed by atoms with E-state index in [1.807, 2.05) is 0 Å². The minimum absolute atomic E-state index is 0.0882. The smallest absolute Gasteiger partial charge is 0.133 e. The van der Waals surface area contributed by atoms with E-state index in [1.165, 1.54) is 5.57 Å². The summed E-state index contributed by atoms with van der Waals surface area (Å²) in [6.45, 7) is 1.66. The number of aliphatic hydroxyl groups is 1. The van der Waals surface area contributed by atoms with Crippen molar-refractivity contribution in [3.63, 3.8) is 0 Å². The van der Waals surface area contributed by atoms with E-state index >= 15 is 0 Å². The number of aliphatic hydroxyl groups excluding tert-OH is 1. The summed E-state index contributed by atoms with van der Waals surface area (Å²) in [6, 6.07) is 0. The molecular formula is C12H18O2. The number of carbonyl (C=O) groups is 1. The molecule has 3 unspecified atom stereocenters. The predicted octanol–water partition coefficient (Wildman–Crippen LogP) is 2.07. The molecule has 0 spiro atoms. The molecule has 2 nitrogen and oxygen atoms in total. The van der Waals surface area contributed by atoms with Crippen LogP contribution in [0.1, 0.15) is 39.0 Å². The Kier molecular flexibility index (Phi) is 2.73. The topological polar surface area (TPSA) is 37.3 Å². The first-order valence-electron chi connectivity index (χ1n) is 5.57. The van der Waals surface area contributed by atoms with Crippen LogP contribution in [0.4, 0.5) is 0 Å². The van der Waals surface area contributed by atoms with Gasteiger partial charge in [0.1, 0.15) is 5.78 Å². The van der Waals surface area contributed by atoms with Crippen LogP contribution in [-0.4, -0.2) is 17.0 Å². The van der Waals surface area contributed by atoms with Crippen molar-refractivity contribution in [2.24, 2.45) is 11.8 Å². The normalized spacial score (nSPS) is 37.3. The molecule has 78 valence electrons. The Morgan fingerprint density at radius 1 is 1.50 bits per heavy atom. The van der Waals surface area contributed by atoms with Crippen molar-refractivity contribution in [1.82, 2.24) is 0 Å². The van der Waals surface area contributed by atoms with Gasteiger partial charge in [-0.25, -0.2) is 0 Å². The van der Waals surface area contributed by atoms with Crippen LogP contribution < -0.4 is 0 Å². The van der Waals surface area contributed by atoms with E-state index in [1.54, 1.807) is 6.92 Å². The summed E-state index contributed by atoms with van der Waals surface area (Å²) in [7, 11) is 0. The highest BCUT2D eigenvalue weighted by atomic mass is 16.3. The first-order valence-corrected chi connectivity index (χ1v) is 5.57. The lowest BCUT2D eigenvalue weighted by molar-refractivity contribution is -0.124. The fourth-order valence-corrected chi connectivity index (χ4v) is 2.96. The van der Waals surface area contributed by atoms with Crippen molar-refractivity contribution in [2.75, 3.05) is 0 Å². The van der Waals surface area contributed by atoms with Gasteiger partial charge in [-0.1, -0.05) is 11.6 Å². The molecule has 0 saturated heterocycles. The molecule has 2 rings (SSSR count). The number of ketones is 1. The number of fused-ring (bicyclic) bond motifs is 1. The van der Waals surface area contributed by atoms with Gasteiger partial charge in [-0.3, -0.25) is 4.79 Å². The Hall–Kier alpha value is -0.630. The second-order valence-corrected chi connectivity index (χ2v) is 4.56. The number of rotatable bonds is 1. The van der Waals surface area contributed by atoms with E-state index in [2.05, 4.69) is 6.08 Å². The summed E-state index contributed by atoms with van der Waals surface area (Å²) < 4.78 is 0. The second kappa shape index (κ2) is 3.85. The summed E-state index contributed by atoms with van der Waals surface area (Å²) in [5.41, 5.74) is 1.34. The molecule has 0 radical (unpaired) electrons. The maximum absolute atomic E-state index is 11.5. The van der Waals surface area contributed by atoms with Crippen molar-refractivity contribution in [2.45, 2.75) is 45.1 Å². The average Bonchev–Trinajstić information content (AvgIpc) is 2.17. The molecule has 0 aromatic rings. The van der Waals surface area contributed by atoms with Crippen molar-refractivity contribution in [1.29, 1.82) is 0 Å². The van der Waals surface area contributed by atoms with Gasteiger partial charge >= 0.3 is 0 Å². The Bertz CT molecular complexity index is 267. The largest absolute Gasteiger partial charge is 0.392 e. The van der Waals surface area contributed by atoms with Gasteiger partial charge in [0.05, 0.1) is 6.10 Å². The van der Waals surface area contributed by atoms with Crippen LogP contribution in [-0.2, 0) is 4.79 Å². The minimum Gasteiger partial charge on any atom is -0.392 e. The SMILES string of the molecule is CC(=O)C1CCC=C2CCCC(O)C21. The zero-order valence-corrected chi connectivity index (χ0v) is 8.70. The molecule has 2 aliphatic carbocycles. The highest BCUT2D eigenvalue weighted by Gasteiger charge is 2.37. The maximum atomic E-state index is 11.5.